The molecule has 2 N–H and O–H groups in total. The molecule has 2 aliphatic rings. The minimum absolute atomic E-state index is 0.102. The van der Waals surface area contributed by atoms with E-state index in [2.05, 4.69) is 22.5 Å². The quantitative estimate of drug-likeness (QED) is 0.331. The number of fused-ring (bicyclic) bond motifs is 3. The number of rotatable bonds is 5. The predicted octanol–water partition coefficient (Wildman–Crippen LogP) is 6.18. The fraction of sp³-hybridized carbons (Fsp3) is 0.481. The molecule has 182 valence electrons. The molecule has 6 nitrogen and oxygen atoms in total. The van der Waals surface area contributed by atoms with E-state index in [1.807, 2.05) is 49.7 Å². The Kier molecular flexibility index (Phi) is 6.75. The molecule has 2 aliphatic heterocycles. The number of benzene rings is 1. The first kappa shape index (κ1) is 24.1. The Morgan fingerprint density at radius 1 is 1.03 bits per heavy atom. The number of hydrogen-bond acceptors (Lipinski definition) is 6. The van der Waals surface area contributed by atoms with Crippen LogP contribution in [0.2, 0.25) is 5.31 Å². The Bertz CT molecular complexity index is 1240. The highest BCUT2D eigenvalue weighted by Crippen LogP contribution is 2.48. The highest BCUT2D eigenvalue weighted by atomic mass is 32.2. The molecule has 0 spiro atoms. The van der Waals surface area contributed by atoms with E-state index in [-0.39, 0.29) is 11.3 Å². The van der Waals surface area contributed by atoms with Crippen LogP contribution in [0.15, 0.2) is 41.4 Å². The highest BCUT2D eigenvalue weighted by Gasteiger charge is 2.44. The monoisotopic (exact) mass is 487 g/mol. The number of carbonyl (C=O) groups excluding carboxylic acids is 1. The molecule has 0 aliphatic carbocycles. The molecule has 2 fully saturated rings. The molecule has 35 heavy (non-hydrogen) atoms. The van der Waals surface area contributed by atoms with Crippen molar-refractivity contribution in [3.63, 3.8) is 0 Å². The zero-order valence-corrected chi connectivity index (χ0v) is 21.8. The summed E-state index contributed by atoms with van der Waals surface area (Å²) in [6.07, 6.45) is 14.1. The van der Waals surface area contributed by atoms with E-state index in [9.17, 15) is 4.79 Å². The van der Waals surface area contributed by atoms with Crippen molar-refractivity contribution in [3.05, 3.63) is 47.8 Å². The van der Waals surface area contributed by atoms with E-state index in [4.69, 9.17) is 9.97 Å². The number of nitrogens with zero attached hydrogens (tertiary/aromatic N) is 3. The molecule has 5 rings (SSSR count). The van der Waals surface area contributed by atoms with Crippen LogP contribution in [-0.4, -0.2) is 39.8 Å². The van der Waals surface area contributed by atoms with Gasteiger partial charge in [-0.25, -0.2) is 15.0 Å². The van der Waals surface area contributed by atoms with Crippen molar-refractivity contribution in [2.75, 3.05) is 16.9 Å². The van der Waals surface area contributed by atoms with Crippen molar-refractivity contribution in [1.29, 1.82) is 0 Å². The Morgan fingerprint density at radius 3 is 2.57 bits per heavy atom. The van der Waals surface area contributed by atoms with E-state index in [0.717, 1.165) is 16.4 Å². The van der Waals surface area contributed by atoms with E-state index in [1.165, 1.54) is 58.6 Å². The number of carbonyl (C=O) groups is 1. The number of nitrogens with one attached hydrogen (secondary N) is 2. The molecule has 2 unspecified atom stereocenters. The zero-order chi connectivity index (χ0) is 24.5. The van der Waals surface area contributed by atoms with Gasteiger partial charge in [-0.2, -0.15) is 0 Å². The van der Waals surface area contributed by atoms with E-state index < -0.39 is 0 Å². The van der Waals surface area contributed by atoms with Gasteiger partial charge in [-0.05, 0) is 56.4 Å². The smallest absolute Gasteiger partial charge is 0.255 e. The number of pyridine rings is 1. The van der Waals surface area contributed by atoms with E-state index in [1.54, 1.807) is 11.8 Å². The summed E-state index contributed by atoms with van der Waals surface area (Å²) in [5, 5.41) is 7.24. The predicted molar refractivity (Wildman–Crippen MR) is 147 cm³/mol. The number of thioether (sulfide) groups is 1. The van der Waals surface area contributed by atoms with Crippen LogP contribution >= 0.6 is 11.8 Å². The maximum Gasteiger partial charge on any atom is 0.255 e. The minimum atomic E-state index is -0.156. The number of anilines is 2. The van der Waals surface area contributed by atoms with Crippen LogP contribution < -0.4 is 10.6 Å². The Labute approximate surface area is 212 Å². The molecular formula is C27H34BN5OS. The Hall–Kier alpha value is -2.61. The molecule has 8 heteroatoms. The normalized spacial score (nSPS) is 24.2. The van der Waals surface area contributed by atoms with Crippen LogP contribution in [0.3, 0.4) is 0 Å². The fourth-order valence-corrected chi connectivity index (χ4v) is 6.47. The first-order valence-corrected chi connectivity index (χ1v) is 14.0. The maximum atomic E-state index is 12.8. The standard InChI is InChI=1S/C27H34BN5OS/c1-18-21(31-25(34)19-8-10-20(35-3)11-9-19)16-22-24(30-18)32-23(17-29-22)33-27-14-6-4-5-12-26(2,28-27)13-7-15-27/h8-11,16-17,28H,4-7,12-15H2,1-3H3,(H,31,34)(H,30,32,33). The van der Waals surface area contributed by atoms with E-state index >= 15 is 0 Å². The van der Waals surface area contributed by atoms with Gasteiger partial charge in [-0.1, -0.05) is 50.8 Å². The summed E-state index contributed by atoms with van der Waals surface area (Å²) >= 11 is 1.65. The fourth-order valence-electron chi connectivity index (χ4n) is 6.06. The van der Waals surface area contributed by atoms with Gasteiger partial charge in [0.2, 0.25) is 0 Å². The number of hydrogen-bond donors (Lipinski definition) is 2. The molecule has 1 aromatic carbocycles. The number of aromatic nitrogens is 3. The SMILES string of the molecule is CSc1ccc(C(=O)Nc2cc3ncc(NC45BC(C)(CCCCC4)CCC5)nc3nc2C)cc1. The van der Waals surface area contributed by atoms with Crippen LogP contribution in [-0.2, 0) is 0 Å². The van der Waals surface area contributed by atoms with Crippen molar-refractivity contribution in [1.82, 2.24) is 15.0 Å². The summed E-state index contributed by atoms with van der Waals surface area (Å²) in [6, 6.07) is 9.46. The summed E-state index contributed by atoms with van der Waals surface area (Å²) in [4.78, 5) is 28.1. The van der Waals surface area contributed by atoms with Gasteiger partial charge >= 0.3 is 0 Å². The van der Waals surface area contributed by atoms with Crippen LogP contribution in [0.4, 0.5) is 11.5 Å². The molecular weight excluding hydrogens is 453 g/mol. The largest absolute Gasteiger partial charge is 0.371 e. The van der Waals surface area contributed by atoms with Crippen LogP contribution in [0.25, 0.3) is 11.2 Å². The third-order valence-corrected chi connectivity index (χ3v) is 8.60. The molecule has 2 aromatic heterocycles. The number of amides is 1. The van der Waals surface area contributed by atoms with Crippen molar-refractivity contribution < 1.29 is 4.79 Å². The highest BCUT2D eigenvalue weighted by molar-refractivity contribution is 7.98. The molecule has 3 aromatic rings. The van der Waals surface area contributed by atoms with Gasteiger partial charge in [0, 0.05) is 15.9 Å². The summed E-state index contributed by atoms with van der Waals surface area (Å²) in [6.45, 7) is 4.37. The summed E-state index contributed by atoms with van der Waals surface area (Å²) in [5.74, 6) is 0.650. The summed E-state index contributed by atoms with van der Waals surface area (Å²) in [5.41, 5.74) is 3.39. The van der Waals surface area contributed by atoms with Crippen molar-refractivity contribution in [2.24, 2.45) is 0 Å². The second-order valence-electron chi connectivity index (χ2n) is 10.7. The number of aryl methyl sites for hydroxylation is 1. The second kappa shape index (κ2) is 9.80. The third-order valence-electron chi connectivity index (χ3n) is 7.86. The molecule has 2 atom stereocenters. The van der Waals surface area contributed by atoms with Gasteiger partial charge in [-0.3, -0.25) is 4.79 Å². The summed E-state index contributed by atoms with van der Waals surface area (Å²) in [7, 11) is 1.20. The summed E-state index contributed by atoms with van der Waals surface area (Å²) < 4.78 is 0. The van der Waals surface area contributed by atoms with Gasteiger partial charge < -0.3 is 10.6 Å². The zero-order valence-electron chi connectivity index (χ0n) is 21.0. The minimum Gasteiger partial charge on any atom is -0.371 e. The Morgan fingerprint density at radius 2 is 1.77 bits per heavy atom. The lowest BCUT2D eigenvalue weighted by Crippen LogP contribution is -2.52. The average molecular weight is 487 g/mol. The topological polar surface area (TPSA) is 79.8 Å². The van der Waals surface area contributed by atoms with Crippen LogP contribution in [0, 0.1) is 6.92 Å². The van der Waals surface area contributed by atoms with Crippen molar-refractivity contribution >= 4 is 47.6 Å². The molecule has 2 saturated heterocycles. The van der Waals surface area contributed by atoms with Gasteiger partial charge in [0.05, 0.1) is 17.6 Å². The second-order valence-corrected chi connectivity index (χ2v) is 11.6. The van der Waals surface area contributed by atoms with Gasteiger partial charge in [0.1, 0.15) is 11.3 Å². The molecule has 0 radical (unpaired) electrons. The van der Waals surface area contributed by atoms with Gasteiger partial charge in [0.15, 0.2) is 12.9 Å². The van der Waals surface area contributed by atoms with Crippen molar-refractivity contribution in [3.8, 4) is 0 Å². The van der Waals surface area contributed by atoms with Crippen LogP contribution in [0.5, 0.6) is 0 Å². The van der Waals surface area contributed by atoms with Crippen LogP contribution in [0.1, 0.15) is 74.3 Å². The molecule has 0 saturated carbocycles. The lowest BCUT2D eigenvalue weighted by molar-refractivity contribution is 0.102. The van der Waals surface area contributed by atoms with Crippen molar-refractivity contribution in [2.45, 2.75) is 80.9 Å². The lowest BCUT2D eigenvalue weighted by Gasteiger charge is -2.48. The third kappa shape index (κ3) is 5.32. The molecule has 1 amide bonds. The van der Waals surface area contributed by atoms with Gasteiger partial charge in [0.25, 0.3) is 5.91 Å². The Balaban J connectivity index is 1.36. The van der Waals surface area contributed by atoms with Gasteiger partial charge in [-0.15, -0.1) is 11.8 Å². The van der Waals surface area contributed by atoms with E-state index in [0.29, 0.717) is 27.7 Å². The first-order chi connectivity index (χ1) is 16.9. The maximum absolute atomic E-state index is 12.8. The molecule has 2 bridgehead atoms. The molecule has 4 heterocycles. The lowest BCUT2D eigenvalue weighted by atomic mass is 9.35. The average Bonchev–Trinajstić information content (AvgIpc) is 2.83. The first-order valence-electron chi connectivity index (χ1n) is 12.8.